The molecule has 1 aromatic carbocycles. The highest BCUT2D eigenvalue weighted by molar-refractivity contribution is 5.78. The van der Waals surface area contributed by atoms with E-state index in [1.807, 2.05) is 31.2 Å². The third kappa shape index (κ3) is 4.21. The van der Waals surface area contributed by atoms with Crippen LogP contribution in [0.5, 0.6) is 5.75 Å². The first kappa shape index (κ1) is 15.8. The van der Waals surface area contributed by atoms with Crippen molar-refractivity contribution in [3.8, 4) is 5.75 Å². The van der Waals surface area contributed by atoms with Gasteiger partial charge in [0.25, 0.3) is 0 Å². The van der Waals surface area contributed by atoms with Crippen molar-refractivity contribution in [1.29, 1.82) is 0 Å². The minimum atomic E-state index is -0.0475. The normalized spacial score (nSPS) is 20.8. The number of amides is 1. The Morgan fingerprint density at radius 3 is 2.90 bits per heavy atom. The van der Waals surface area contributed by atoms with Gasteiger partial charge in [0.2, 0.25) is 5.91 Å². The number of rotatable bonds is 5. The predicted octanol–water partition coefficient (Wildman–Crippen LogP) is 2.75. The zero-order chi connectivity index (χ0) is 15.2. The molecule has 1 aliphatic heterocycles. The maximum atomic E-state index is 12.2. The molecule has 1 N–H and O–H groups in total. The Morgan fingerprint density at radius 1 is 1.43 bits per heavy atom. The summed E-state index contributed by atoms with van der Waals surface area (Å²) >= 11 is 0. The number of likely N-dealkylation sites (tertiary alicyclic amines) is 1. The minimum Gasteiger partial charge on any atom is -0.496 e. The highest BCUT2D eigenvalue weighted by atomic mass is 16.5. The minimum absolute atomic E-state index is 0.0475. The van der Waals surface area contributed by atoms with Crippen molar-refractivity contribution in [3.05, 3.63) is 29.8 Å². The fourth-order valence-corrected chi connectivity index (χ4v) is 2.97. The number of methoxy groups -OCH3 is 1. The van der Waals surface area contributed by atoms with Gasteiger partial charge in [0.15, 0.2) is 0 Å². The van der Waals surface area contributed by atoms with E-state index in [4.69, 9.17) is 4.74 Å². The maximum Gasteiger partial charge on any atom is 0.234 e. The summed E-state index contributed by atoms with van der Waals surface area (Å²) in [5.74, 6) is 0.902. The molecule has 2 rings (SSSR count). The van der Waals surface area contributed by atoms with Crippen LogP contribution in [-0.4, -0.2) is 37.0 Å². The van der Waals surface area contributed by atoms with E-state index in [0.29, 0.717) is 12.6 Å². The molecule has 1 saturated heterocycles. The van der Waals surface area contributed by atoms with Crippen LogP contribution in [0.2, 0.25) is 0 Å². The molecule has 0 radical (unpaired) electrons. The number of benzene rings is 1. The van der Waals surface area contributed by atoms with Crippen LogP contribution in [0.3, 0.4) is 0 Å². The van der Waals surface area contributed by atoms with E-state index in [0.717, 1.165) is 17.9 Å². The molecule has 0 spiro atoms. The second-order valence-electron chi connectivity index (χ2n) is 5.85. The fourth-order valence-electron chi connectivity index (χ4n) is 2.97. The summed E-state index contributed by atoms with van der Waals surface area (Å²) in [5.41, 5.74) is 1.01. The molecule has 116 valence electrons. The zero-order valence-corrected chi connectivity index (χ0v) is 13.3. The van der Waals surface area contributed by atoms with Crippen molar-refractivity contribution < 1.29 is 9.53 Å². The predicted molar refractivity (Wildman–Crippen MR) is 84.4 cm³/mol. The maximum absolute atomic E-state index is 12.2. The first-order chi connectivity index (χ1) is 10.1. The second kappa shape index (κ2) is 7.46. The van der Waals surface area contributed by atoms with Crippen molar-refractivity contribution in [2.75, 3.05) is 20.2 Å². The van der Waals surface area contributed by atoms with Crippen LogP contribution in [0.25, 0.3) is 0 Å². The molecule has 0 saturated carbocycles. The van der Waals surface area contributed by atoms with Gasteiger partial charge >= 0.3 is 0 Å². The molecule has 0 bridgehead atoms. The number of carbonyl (C=O) groups is 1. The molecule has 1 heterocycles. The second-order valence-corrected chi connectivity index (χ2v) is 5.85. The highest BCUT2D eigenvalue weighted by Crippen LogP contribution is 2.24. The molecule has 21 heavy (non-hydrogen) atoms. The Morgan fingerprint density at radius 2 is 2.19 bits per heavy atom. The molecular weight excluding hydrogens is 264 g/mol. The van der Waals surface area contributed by atoms with Crippen LogP contribution in [-0.2, 0) is 4.79 Å². The topological polar surface area (TPSA) is 41.6 Å². The first-order valence-corrected chi connectivity index (χ1v) is 7.78. The van der Waals surface area contributed by atoms with E-state index in [1.165, 1.54) is 19.3 Å². The number of hydrogen-bond donors (Lipinski definition) is 1. The van der Waals surface area contributed by atoms with Crippen molar-refractivity contribution in [2.45, 2.75) is 45.2 Å². The summed E-state index contributed by atoms with van der Waals surface area (Å²) in [4.78, 5) is 14.5. The summed E-state index contributed by atoms with van der Waals surface area (Å²) in [7, 11) is 1.66. The fraction of sp³-hybridized carbons (Fsp3) is 0.588. The van der Waals surface area contributed by atoms with Crippen LogP contribution in [0.1, 0.15) is 44.7 Å². The van der Waals surface area contributed by atoms with Gasteiger partial charge in [-0.2, -0.15) is 0 Å². The monoisotopic (exact) mass is 290 g/mol. The van der Waals surface area contributed by atoms with E-state index in [9.17, 15) is 4.79 Å². The third-order valence-electron chi connectivity index (χ3n) is 4.27. The van der Waals surface area contributed by atoms with Gasteiger partial charge in [0.05, 0.1) is 19.7 Å². The molecule has 1 aromatic rings. The number of nitrogens with zero attached hydrogens (tertiary/aromatic N) is 1. The van der Waals surface area contributed by atoms with Gasteiger partial charge < -0.3 is 10.1 Å². The Labute approximate surface area is 127 Å². The molecule has 1 amide bonds. The van der Waals surface area contributed by atoms with Gasteiger partial charge in [0, 0.05) is 11.6 Å². The van der Waals surface area contributed by atoms with Crippen LogP contribution in [0.4, 0.5) is 0 Å². The molecular formula is C17H26N2O2. The highest BCUT2D eigenvalue weighted by Gasteiger charge is 2.21. The molecule has 2 unspecified atom stereocenters. The van der Waals surface area contributed by atoms with Crippen molar-refractivity contribution in [3.63, 3.8) is 0 Å². The van der Waals surface area contributed by atoms with Crippen LogP contribution < -0.4 is 10.1 Å². The van der Waals surface area contributed by atoms with Crippen LogP contribution in [0, 0.1) is 0 Å². The smallest absolute Gasteiger partial charge is 0.234 e. The van der Waals surface area contributed by atoms with E-state index < -0.39 is 0 Å². The standard InChI is InChI=1S/C17H26N2O2/c1-13-8-6-7-11-19(13)12-17(20)18-14(2)15-9-4-5-10-16(15)21-3/h4-5,9-10,13-14H,6-8,11-12H2,1-3H3,(H,18,20). The number of para-hydroxylation sites is 1. The van der Waals surface area contributed by atoms with Crippen molar-refractivity contribution in [1.82, 2.24) is 10.2 Å². The molecule has 0 aromatic heterocycles. The molecule has 1 aliphatic rings. The Balaban J connectivity index is 1.92. The number of nitrogens with one attached hydrogen (secondary N) is 1. The SMILES string of the molecule is COc1ccccc1C(C)NC(=O)CN1CCCCC1C. The van der Waals surface area contributed by atoms with Crippen molar-refractivity contribution >= 4 is 5.91 Å². The third-order valence-corrected chi connectivity index (χ3v) is 4.27. The lowest BCUT2D eigenvalue weighted by Gasteiger charge is -2.33. The largest absolute Gasteiger partial charge is 0.496 e. The van der Waals surface area contributed by atoms with E-state index in [-0.39, 0.29) is 11.9 Å². The van der Waals surface area contributed by atoms with Gasteiger partial charge in [-0.15, -0.1) is 0 Å². The van der Waals surface area contributed by atoms with Crippen LogP contribution in [0.15, 0.2) is 24.3 Å². The zero-order valence-electron chi connectivity index (χ0n) is 13.3. The number of hydrogen-bond acceptors (Lipinski definition) is 3. The summed E-state index contributed by atoms with van der Waals surface area (Å²) in [5, 5.41) is 3.08. The Hall–Kier alpha value is -1.55. The lowest BCUT2D eigenvalue weighted by atomic mass is 10.0. The summed E-state index contributed by atoms with van der Waals surface area (Å²) in [6.45, 7) is 5.71. The molecule has 4 heteroatoms. The average Bonchev–Trinajstić information content (AvgIpc) is 2.49. The summed E-state index contributed by atoms with van der Waals surface area (Å²) < 4.78 is 5.35. The molecule has 2 atom stereocenters. The first-order valence-electron chi connectivity index (χ1n) is 7.78. The van der Waals surface area contributed by atoms with Gasteiger partial charge in [-0.05, 0) is 39.3 Å². The number of piperidine rings is 1. The quantitative estimate of drug-likeness (QED) is 0.906. The van der Waals surface area contributed by atoms with Crippen molar-refractivity contribution in [2.24, 2.45) is 0 Å². The number of carbonyl (C=O) groups excluding carboxylic acids is 1. The summed E-state index contributed by atoms with van der Waals surface area (Å²) in [6.07, 6.45) is 3.66. The Bertz CT molecular complexity index is 476. The van der Waals surface area contributed by atoms with Crippen LogP contribution >= 0.6 is 0 Å². The molecule has 1 fully saturated rings. The Kier molecular flexibility index (Phi) is 5.62. The van der Waals surface area contributed by atoms with Gasteiger partial charge in [-0.25, -0.2) is 0 Å². The lowest BCUT2D eigenvalue weighted by molar-refractivity contribution is -0.123. The average molecular weight is 290 g/mol. The summed E-state index contributed by atoms with van der Waals surface area (Å²) in [6, 6.07) is 8.28. The molecule has 0 aliphatic carbocycles. The lowest BCUT2D eigenvalue weighted by Crippen LogP contribution is -2.44. The van der Waals surface area contributed by atoms with E-state index in [2.05, 4.69) is 17.1 Å². The van der Waals surface area contributed by atoms with E-state index >= 15 is 0 Å². The molecule has 4 nitrogen and oxygen atoms in total. The number of ether oxygens (including phenoxy) is 1. The van der Waals surface area contributed by atoms with E-state index in [1.54, 1.807) is 7.11 Å². The van der Waals surface area contributed by atoms with Gasteiger partial charge in [-0.3, -0.25) is 9.69 Å². The van der Waals surface area contributed by atoms with Gasteiger partial charge in [0.1, 0.15) is 5.75 Å². The van der Waals surface area contributed by atoms with Gasteiger partial charge in [-0.1, -0.05) is 24.6 Å².